The van der Waals surface area contributed by atoms with E-state index in [4.69, 9.17) is 47.6 Å². The van der Waals surface area contributed by atoms with Crippen molar-refractivity contribution in [1.29, 1.82) is 0 Å². The number of hydrogen-bond donors (Lipinski definition) is 16. The third-order valence-electron chi connectivity index (χ3n) is 11.5. The standard InChI is InChI=1S/C26H42N2O37S5.C11H14O3/c1-4(30)27-7-9(31)13(6(56-23(7)39)3-55-67(43,44)45)58-26-19(65-70(52,53)54)12(34)16(20(62-26)22(37)38)60-24-8(28-66(40,41)42)15(63-68(46,47)48)14(5(2-29)57-24)59-25-18(64-69(49,50)51)11(33)10(32)17(61-25)21(35)36;1-2-3-8-14-11(13)9-4-6-10(12)7-5-9/h5-20,23-26,28-29,31-34,39H,2-3H2,1H3,(H,27,30)(H,35,36)(H,37,38)(H,40,41,42)(H,43,44,45)(H,46,47,48)(H,49,50,51)(H,52,53,54);4-7,12H,2-3,8H2,1H3/t5-,6+,7-,8-,9-,10-,11-,12+,13-,14-,15-,16+,17-,18+,19-,20+,23-,24+,25+,26-;/m1./s1. The Morgan fingerprint density at radius 3 is 1.55 bits per heavy atom. The van der Waals surface area contributed by atoms with Crippen LogP contribution < -0.4 is 10.0 Å². The lowest BCUT2D eigenvalue weighted by molar-refractivity contribution is -0.366. The SMILES string of the molecule is CC(=O)N[C@@H]1[C@@H](O)[C@H](O[C@@H]2O[C@H](C(=O)O)[C@@H](O[C@@H]3O[C@H](CO)[C@@H](O[C@H]4O[C@@H](C(=O)O)[C@H](O)[C@@H](O)[C@@H]4OS(=O)(=O)O)[C@H](OS(=O)(=O)O)[C@H]3NS(=O)(=O)O)[C@H](O)[C@H]2OS(=O)(=O)O)[C@H](COS(=O)(=O)O)O[C@H]1O.CCCCOC(=O)c1ccc(O)cc1. The largest absolute Gasteiger partial charge is 0.508 e. The second-order valence-electron chi connectivity index (χ2n) is 17.6. The molecule has 1 aromatic rings. The zero-order chi connectivity index (χ0) is 63.8. The molecule has 16 N–H and O–H groups in total. The van der Waals surface area contributed by atoms with Gasteiger partial charge < -0.3 is 89.2 Å². The number of aliphatic carboxylic acids is 2. The molecule has 4 heterocycles. The van der Waals surface area contributed by atoms with E-state index in [1.165, 1.54) is 16.9 Å². The smallest absolute Gasteiger partial charge is 0.397 e. The topological polar surface area (TPSA) is 657 Å². The van der Waals surface area contributed by atoms with Gasteiger partial charge in [0.1, 0.15) is 78.9 Å². The lowest BCUT2D eigenvalue weighted by Crippen LogP contribution is -2.71. The Morgan fingerprint density at radius 1 is 0.571 bits per heavy atom. The number of unbranched alkanes of at least 4 members (excludes halogenated alkanes) is 1. The number of rotatable bonds is 25. The molecule has 0 bridgehead atoms. The summed E-state index contributed by atoms with van der Waals surface area (Å²) in [7, 11) is -29.1. The summed E-state index contributed by atoms with van der Waals surface area (Å²) >= 11 is 0. The first-order valence-corrected chi connectivity index (χ1v) is 30.1. The molecule has 4 aliphatic rings. The Labute approximate surface area is 473 Å². The minimum absolute atomic E-state index is 0.148. The number of carboxylic acid groups (broad SMARTS) is 2. The minimum atomic E-state index is -6.09. The first kappa shape index (κ1) is 72.2. The fourth-order valence-electron chi connectivity index (χ4n) is 8.04. The van der Waals surface area contributed by atoms with Crippen LogP contribution in [0.3, 0.4) is 0 Å². The van der Waals surface area contributed by atoms with Crippen molar-refractivity contribution in [2.45, 2.75) is 149 Å². The maximum atomic E-state index is 12.7. The molecule has 0 saturated carbocycles. The monoisotopic (exact) mass is 1330 g/mol. The van der Waals surface area contributed by atoms with E-state index in [2.05, 4.69) is 16.7 Å². The summed E-state index contributed by atoms with van der Waals surface area (Å²) in [5.74, 6) is -5.67. The van der Waals surface area contributed by atoms with Crippen LogP contribution in [0.1, 0.15) is 37.0 Å². The summed E-state index contributed by atoms with van der Waals surface area (Å²) in [6, 6.07) is 1.07. The Morgan fingerprint density at radius 2 is 1.07 bits per heavy atom. The Hall–Kier alpha value is -4.27. The van der Waals surface area contributed by atoms with Gasteiger partial charge >= 0.3 is 69.8 Å². The minimum Gasteiger partial charge on any atom is -0.508 e. The van der Waals surface area contributed by atoms with Crippen molar-refractivity contribution in [3.63, 3.8) is 0 Å². The summed E-state index contributed by atoms with van der Waals surface area (Å²) < 4.78 is 227. The van der Waals surface area contributed by atoms with Crippen LogP contribution in [0, 0.1) is 0 Å². The van der Waals surface area contributed by atoms with E-state index < -0.39 is 206 Å². The van der Waals surface area contributed by atoms with E-state index in [1.54, 1.807) is 12.1 Å². The Bertz CT molecular complexity index is 2990. The van der Waals surface area contributed by atoms with Crippen LogP contribution in [0.5, 0.6) is 5.75 Å². The average molecular weight is 1330 g/mol. The van der Waals surface area contributed by atoms with Gasteiger partial charge in [0.2, 0.25) is 5.91 Å². The molecule has 4 fully saturated rings. The number of carbonyl (C=O) groups is 4. The van der Waals surface area contributed by atoms with Gasteiger partial charge in [-0.1, -0.05) is 13.3 Å². The van der Waals surface area contributed by atoms with Crippen LogP contribution in [-0.2, 0) is 121 Å². The molecule has 1 amide bonds. The summed E-state index contributed by atoms with van der Waals surface area (Å²) in [5, 5.41) is 95.0. The van der Waals surface area contributed by atoms with Gasteiger partial charge in [-0.2, -0.15) is 46.8 Å². The number of aliphatic hydroxyl groups excluding tert-OH is 6. The fourth-order valence-corrected chi connectivity index (χ4v) is 10.4. The van der Waals surface area contributed by atoms with E-state index >= 15 is 0 Å². The molecule has 484 valence electrons. The highest BCUT2D eigenvalue weighted by Gasteiger charge is 2.60. The normalized spacial score (nSPS) is 34.3. The zero-order valence-corrected chi connectivity index (χ0v) is 46.4. The molecule has 84 heavy (non-hydrogen) atoms. The molecule has 20 atom stereocenters. The van der Waals surface area contributed by atoms with E-state index in [0.717, 1.165) is 19.8 Å². The van der Waals surface area contributed by atoms with Gasteiger partial charge in [-0.3, -0.25) is 27.6 Å². The molecular formula is C37H56N2O40S5. The summed E-state index contributed by atoms with van der Waals surface area (Å²) in [6.45, 7) is 0.251. The molecule has 42 nitrogen and oxygen atoms in total. The molecule has 0 spiro atoms. The van der Waals surface area contributed by atoms with Crippen molar-refractivity contribution in [3.05, 3.63) is 29.8 Å². The number of amides is 1. The number of phenolic OH excluding ortho intramolecular Hbond substituents is 1. The van der Waals surface area contributed by atoms with E-state index in [0.29, 0.717) is 12.2 Å². The second-order valence-corrected chi connectivity index (χ2v) is 23.1. The number of benzene rings is 1. The molecule has 0 radical (unpaired) electrons. The lowest BCUT2D eigenvalue weighted by atomic mass is 9.94. The number of phenols is 1. The van der Waals surface area contributed by atoms with Crippen molar-refractivity contribution < 1.29 is 185 Å². The predicted octanol–water partition coefficient (Wildman–Crippen LogP) is -8.36. The molecule has 5 rings (SSSR count). The number of nitrogens with one attached hydrogen (secondary N) is 2. The first-order chi connectivity index (χ1) is 38.5. The predicted molar refractivity (Wildman–Crippen MR) is 254 cm³/mol. The highest BCUT2D eigenvalue weighted by atomic mass is 32.3. The zero-order valence-electron chi connectivity index (χ0n) is 42.3. The number of esters is 1. The van der Waals surface area contributed by atoms with Crippen LogP contribution in [0.2, 0.25) is 0 Å². The van der Waals surface area contributed by atoms with Gasteiger partial charge in [0.15, 0.2) is 49.6 Å². The molecule has 0 unspecified atom stereocenters. The maximum Gasteiger partial charge on any atom is 0.397 e. The maximum absolute atomic E-state index is 12.7. The van der Waals surface area contributed by atoms with Crippen LogP contribution in [0.25, 0.3) is 0 Å². The Balaban J connectivity index is 0.000000942. The quantitative estimate of drug-likeness (QED) is 0.0246. The molecule has 4 saturated heterocycles. The molecule has 0 aliphatic carbocycles. The first-order valence-electron chi connectivity index (χ1n) is 23.2. The molecule has 1 aromatic carbocycles. The number of aliphatic hydroxyl groups is 6. The van der Waals surface area contributed by atoms with Gasteiger partial charge in [-0.05, 0) is 30.7 Å². The lowest BCUT2D eigenvalue weighted by Gasteiger charge is -2.50. The second kappa shape index (κ2) is 29.6. The highest BCUT2D eigenvalue weighted by Crippen LogP contribution is 2.37. The van der Waals surface area contributed by atoms with Gasteiger partial charge in [-0.25, -0.2) is 31.1 Å². The van der Waals surface area contributed by atoms with Crippen molar-refractivity contribution in [2.75, 3.05) is 19.8 Å². The third kappa shape index (κ3) is 21.3. The molecule has 4 aliphatic heterocycles. The molecule has 47 heteroatoms. The van der Waals surface area contributed by atoms with Gasteiger partial charge in [0.25, 0.3) is 0 Å². The van der Waals surface area contributed by atoms with Crippen molar-refractivity contribution >= 4 is 75.7 Å². The van der Waals surface area contributed by atoms with Crippen LogP contribution in [0.15, 0.2) is 24.3 Å². The fraction of sp³-hybridized carbons (Fsp3) is 0.730. The third-order valence-corrected chi connectivity index (χ3v) is 13.9. The van der Waals surface area contributed by atoms with Crippen LogP contribution in [0.4, 0.5) is 0 Å². The van der Waals surface area contributed by atoms with Gasteiger partial charge in [0, 0.05) is 6.92 Å². The highest BCUT2D eigenvalue weighted by molar-refractivity contribution is 7.83. The summed E-state index contributed by atoms with van der Waals surface area (Å²) in [5.41, 5.74) is 0.471. The van der Waals surface area contributed by atoms with E-state index in [9.17, 15) is 120 Å². The van der Waals surface area contributed by atoms with Crippen molar-refractivity contribution in [1.82, 2.24) is 10.0 Å². The van der Waals surface area contributed by atoms with Gasteiger partial charge in [-0.15, -0.1) is 0 Å². The number of hydrogen-bond acceptors (Lipinski definition) is 33. The average Bonchev–Trinajstić information content (AvgIpc) is 1.39. The van der Waals surface area contributed by atoms with Gasteiger partial charge in [0.05, 0.1) is 25.4 Å². The number of carboxylic acids is 2. The number of ether oxygens (including phenoxy) is 8. The summed E-state index contributed by atoms with van der Waals surface area (Å²) in [4.78, 5) is 47.7. The number of aromatic hydroxyl groups is 1. The van der Waals surface area contributed by atoms with E-state index in [-0.39, 0.29) is 11.7 Å². The molecular weight excluding hydrogens is 1270 g/mol. The van der Waals surface area contributed by atoms with E-state index in [1.807, 2.05) is 12.2 Å². The summed E-state index contributed by atoms with van der Waals surface area (Å²) in [6.07, 6.45) is -47.2. The van der Waals surface area contributed by atoms with Crippen molar-refractivity contribution in [3.8, 4) is 5.75 Å². The molecule has 0 aromatic heterocycles. The van der Waals surface area contributed by atoms with Crippen LogP contribution >= 0.6 is 0 Å². The Kier molecular flexibility index (Phi) is 25.5. The van der Waals surface area contributed by atoms with Crippen LogP contribution in [-0.4, -0.2) is 277 Å². The van der Waals surface area contributed by atoms with Crippen molar-refractivity contribution in [2.24, 2.45) is 0 Å². The number of carbonyl (C=O) groups excluding carboxylic acids is 2.